The summed E-state index contributed by atoms with van der Waals surface area (Å²) in [6, 6.07) is 0.441. The molecule has 0 aromatic carbocycles. The van der Waals surface area contributed by atoms with Crippen LogP contribution in [-0.2, 0) is 0 Å². The Morgan fingerprint density at radius 3 is 2.56 bits per heavy atom. The lowest BCUT2D eigenvalue weighted by molar-refractivity contribution is 0.116. The van der Waals surface area contributed by atoms with Crippen LogP contribution in [0.2, 0.25) is 0 Å². The molecule has 2 unspecified atom stereocenters. The molecule has 1 saturated carbocycles. The summed E-state index contributed by atoms with van der Waals surface area (Å²) in [6.45, 7) is 0. The summed E-state index contributed by atoms with van der Waals surface area (Å²) >= 11 is 0. The molecule has 1 fully saturated rings. The molecule has 1 aliphatic rings. The van der Waals surface area contributed by atoms with E-state index >= 15 is 0 Å². The van der Waals surface area contributed by atoms with E-state index in [9.17, 15) is 13.9 Å². The van der Waals surface area contributed by atoms with Gasteiger partial charge in [-0.1, -0.05) is 12.8 Å². The molecule has 5 N–H and O–H groups in total. The molecule has 0 amide bonds. The molecule has 0 bridgehead atoms. The number of hydrazine groups is 1. The number of pyridine rings is 1. The van der Waals surface area contributed by atoms with Crippen LogP contribution in [0.4, 0.5) is 20.4 Å². The summed E-state index contributed by atoms with van der Waals surface area (Å²) in [5, 5.41) is 12.6. The Bertz CT molecular complexity index is 430. The zero-order chi connectivity index (χ0) is 13.1. The average Bonchev–Trinajstić information content (AvgIpc) is 2.35. The summed E-state index contributed by atoms with van der Waals surface area (Å²) in [6.07, 6.45) is 2.76. The highest BCUT2D eigenvalue weighted by Gasteiger charge is 2.24. The molecule has 1 aliphatic carbocycles. The van der Waals surface area contributed by atoms with Gasteiger partial charge in [0.15, 0.2) is 23.3 Å². The largest absolute Gasteiger partial charge is 0.391 e. The van der Waals surface area contributed by atoms with Gasteiger partial charge in [0, 0.05) is 6.07 Å². The van der Waals surface area contributed by atoms with Crippen molar-refractivity contribution in [3.63, 3.8) is 0 Å². The Morgan fingerprint density at radius 2 is 1.89 bits per heavy atom. The zero-order valence-electron chi connectivity index (χ0n) is 9.79. The smallest absolute Gasteiger partial charge is 0.178 e. The monoisotopic (exact) mass is 258 g/mol. The lowest BCUT2D eigenvalue weighted by Crippen LogP contribution is -2.37. The summed E-state index contributed by atoms with van der Waals surface area (Å²) in [7, 11) is 0. The van der Waals surface area contributed by atoms with E-state index in [0.29, 0.717) is 12.5 Å². The topological polar surface area (TPSA) is 83.2 Å². The van der Waals surface area contributed by atoms with E-state index in [2.05, 4.69) is 15.7 Å². The Balaban J connectivity index is 2.17. The van der Waals surface area contributed by atoms with Gasteiger partial charge in [-0.15, -0.1) is 0 Å². The van der Waals surface area contributed by atoms with Crippen LogP contribution < -0.4 is 16.6 Å². The second kappa shape index (κ2) is 5.45. The number of nitrogens with zero attached hydrogens (tertiary/aromatic N) is 1. The Morgan fingerprint density at radius 1 is 1.22 bits per heavy atom. The van der Waals surface area contributed by atoms with Crippen molar-refractivity contribution in [2.24, 2.45) is 5.84 Å². The average molecular weight is 258 g/mol. The van der Waals surface area contributed by atoms with E-state index in [4.69, 9.17) is 5.84 Å². The number of anilines is 2. The quantitative estimate of drug-likeness (QED) is 0.486. The van der Waals surface area contributed by atoms with Gasteiger partial charge in [0.1, 0.15) is 0 Å². The molecule has 1 heterocycles. The van der Waals surface area contributed by atoms with Crippen LogP contribution in [0.1, 0.15) is 25.7 Å². The molecule has 100 valence electrons. The van der Waals surface area contributed by atoms with Crippen molar-refractivity contribution < 1.29 is 13.9 Å². The van der Waals surface area contributed by atoms with Gasteiger partial charge >= 0.3 is 0 Å². The zero-order valence-corrected chi connectivity index (χ0v) is 9.79. The van der Waals surface area contributed by atoms with Gasteiger partial charge < -0.3 is 15.8 Å². The number of aliphatic hydroxyl groups is 1. The lowest BCUT2D eigenvalue weighted by atomic mass is 9.92. The third-order valence-corrected chi connectivity index (χ3v) is 3.12. The van der Waals surface area contributed by atoms with Gasteiger partial charge in [-0.3, -0.25) is 0 Å². The minimum absolute atomic E-state index is 0.102. The number of hydrogen-bond acceptors (Lipinski definition) is 5. The second-order valence-electron chi connectivity index (χ2n) is 4.40. The fourth-order valence-corrected chi connectivity index (χ4v) is 2.12. The molecule has 0 radical (unpaired) electrons. The number of nitrogen functional groups attached to an aromatic ring is 1. The van der Waals surface area contributed by atoms with Crippen LogP contribution in [-0.4, -0.2) is 22.2 Å². The van der Waals surface area contributed by atoms with Crippen molar-refractivity contribution in [3.05, 3.63) is 17.7 Å². The first kappa shape index (κ1) is 13.0. The minimum Gasteiger partial charge on any atom is -0.391 e. The standard InChI is InChI=1S/C11H16F2N4O/c12-6-5-7(13)11(17-14)16-10(6)15-8-3-1-2-4-9(8)18/h5,8-9,18H,1-4,14H2,(H2,15,16,17). The van der Waals surface area contributed by atoms with Gasteiger partial charge in [0.05, 0.1) is 12.1 Å². The minimum atomic E-state index is -0.857. The Kier molecular flexibility index (Phi) is 3.93. The normalized spacial score (nSPS) is 23.8. The van der Waals surface area contributed by atoms with Crippen molar-refractivity contribution in [3.8, 4) is 0 Å². The van der Waals surface area contributed by atoms with E-state index in [1.54, 1.807) is 0 Å². The van der Waals surface area contributed by atoms with Crippen molar-refractivity contribution in [1.29, 1.82) is 0 Å². The molecule has 2 atom stereocenters. The van der Waals surface area contributed by atoms with E-state index in [1.165, 1.54) is 0 Å². The van der Waals surface area contributed by atoms with Gasteiger partial charge in [0.25, 0.3) is 0 Å². The summed E-state index contributed by atoms with van der Waals surface area (Å²) < 4.78 is 26.7. The SMILES string of the molecule is NNc1nc(NC2CCCCC2O)c(F)cc1F. The summed E-state index contributed by atoms with van der Waals surface area (Å²) in [5.41, 5.74) is 2.06. The van der Waals surface area contributed by atoms with Gasteiger partial charge in [-0.05, 0) is 12.8 Å². The first-order chi connectivity index (χ1) is 8.61. The molecule has 0 aliphatic heterocycles. The highest BCUT2D eigenvalue weighted by molar-refractivity contribution is 5.47. The molecule has 2 rings (SSSR count). The van der Waals surface area contributed by atoms with Gasteiger partial charge in [-0.25, -0.2) is 19.6 Å². The maximum atomic E-state index is 13.5. The Labute approximate surface area is 103 Å². The van der Waals surface area contributed by atoms with Crippen LogP contribution in [0.3, 0.4) is 0 Å². The van der Waals surface area contributed by atoms with Gasteiger partial charge in [0.2, 0.25) is 0 Å². The van der Waals surface area contributed by atoms with E-state index < -0.39 is 17.7 Å². The predicted molar refractivity (Wildman–Crippen MR) is 63.8 cm³/mol. The van der Waals surface area contributed by atoms with E-state index in [0.717, 1.165) is 19.3 Å². The fourth-order valence-electron chi connectivity index (χ4n) is 2.12. The number of aromatic nitrogens is 1. The lowest BCUT2D eigenvalue weighted by Gasteiger charge is -2.28. The number of halogens is 2. The molecule has 0 saturated heterocycles. The van der Waals surface area contributed by atoms with Crippen molar-refractivity contribution in [2.75, 3.05) is 10.7 Å². The molecule has 1 aromatic rings. The molecule has 0 spiro atoms. The first-order valence-corrected chi connectivity index (χ1v) is 5.89. The third-order valence-electron chi connectivity index (χ3n) is 3.12. The third kappa shape index (κ3) is 2.68. The number of rotatable bonds is 3. The Hall–Kier alpha value is -1.47. The molecular weight excluding hydrogens is 242 g/mol. The maximum absolute atomic E-state index is 13.5. The van der Waals surface area contributed by atoms with Crippen LogP contribution in [0.5, 0.6) is 0 Å². The van der Waals surface area contributed by atoms with Crippen LogP contribution >= 0.6 is 0 Å². The van der Waals surface area contributed by atoms with Crippen LogP contribution in [0.25, 0.3) is 0 Å². The highest BCUT2D eigenvalue weighted by atomic mass is 19.1. The predicted octanol–water partition coefficient (Wildman–Crippen LogP) is 1.36. The van der Waals surface area contributed by atoms with E-state index in [-0.39, 0.29) is 17.7 Å². The molecule has 1 aromatic heterocycles. The molecule has 18 heavy (non-hydrogen) atoms. The molecule has 7 heteroatoms. The van der Waals surface area contributed by atoms with Crippen molar-refractivity contribution in [2.45, 2.75) is 37.8 Å². The van der Waals surface area contributed by atoms with Crippen molar-refractivity contribution >= 4 is 11.6 Å². The van der Waals surface area contributed by atoms with Crippen molar-refractivity contribution in [1.82, 2.24) is 4.98 Å². The first-order valence-electron chi connectivity index (χ1n) is 5.89. The summed E-state index contributed by atoms with van der Waals surface area (Å²) in [4.78, 5) is 3.71. The molecular formula is C11H16F2N4O. The number of aliphatic hydroxyl groups excluding tert-OH is 1. The van der Waals surface area contributed by atoms with Crippen LogP contribution in [0.15, 0.2) is 6.07 Å². The van der Waals surface area contributed by atoms with Gasteiger partial charge in [-0.2, -0.15) is 0 Å². The van der Waals surface area contributed by atoms with E-state index in [1.807, 2.05) is 0 Å². The molecule has 5 nitrogen and oxygen atoms in total. The highest BCUT2D eigenvalue weighted by Crippen LogP contribution is 2.24. The second-order valence-corrected chi connectivity index (χ2v) is 4.40. The summed E-state index contributed by atoms with van der Waals surface area (Å²) in [5.74, 6) is 3.09. The number of nitrogens with one attached hydrogen (secondary N) is 2. The number of nitrogens with two attached hydrogens (primary N) is 1. The van der Waals surface area contributed by atoms with Crippen LogP contribution in [0, 0.1) is 11.6 Å². The number of hydrogen-bond donors (Lipinski definition) is 4. The maximum Gasteiger partial charge on any atom is 0.178 e. The fraction of sp³-hybridized carbons (Fsp3) is 0.545.